The zero-order valence-electron chi connectivity index (χ0n) is 15.4. The Hall–Kier alpha value is -1.26. The summed E-state index contributed by atoms with van der Waals surface area (Å²) in [7, 11) is 0. The monoisotopic (exact) mass is 327 g/mol. The lowest BCUT2D eigenvalue weighted by Crippen LogP contribution is -2.55. The molecule has 0 aliphatic heterocycles. The molecule has 0 aromatic carbocycles. The summed E-state index contributed by atoms with van der Waals surface area (Å²) in [5.41, 5.74) is -0.402. The Morgan fingerprint density at radius 2 is 1.61 bits per heavy atom. The molecule has 23 heavy (non-hydrogen) atoms. The highest BCUT2D eigenvalue weighted by Crippen LogP contribution is 2.34. The van der Waals surface area contributed by atoms with Gasteiger partial charge in [0.1, 0.15) is 0 Å². The SMILES string of the molecule is CCOC(=O)CC(C1CCCCC1)N(C(=O)OCC)C(C)(C)C. The Bertz CT molecular complexity index is 383. The van der Waals surface area contributed by atoms with E-state index in [-0.39, 0.29) is 24.5 Å². The van der Waals surface area contributed by atoms with E-state index in [0.29, 0.717) is 19.1 Å². The van der Waals surface area contributed by atoms with Crippen LogP contribution in [-0.2, 0) is 14.3 Å². The van der Waals surface area contributed by atoms with Crippen LogP contribution in [0.5, 0.6) is 0 Å². The zero-order valence-corrected chi connectivity index (χ0v) is 15.4. The molecular weight excluding hydrogens is 294 g/mol. The molecule has 0 bridgehead atoms. The lowest BCUT2D eigenvalue weighted by molar-refractivity contribution is -0.145. The third kappa shape index (κ3) is 6.04. The fourth-order valence-electron chi connectivity index (χ4n) is 3.48. The van der Waals surface area contributed by atoms with E-state index in [2.05, 4.69) is 0 Å². The van der Waals surface area contributed by atoms with E-state index in [4.69, 9.17) is 9.47 Å². The average Bonchev–Trinajstić information content (AvgIpc) is 2.46. The van der Waals surface area contributed by atoms with Crippen LogP contribution in [0.25, 0.3) is 0 Å². The summed E-state index contributed by atoms with van der Waals surface area (Å²) in [5.74, 6) is 0.0957. The number of rotatable bonds is 6. The minimum absolute atomic E-state index is 0.159. The van der Waals surface area contributed by atoms with E-state index >= 15 is 0 Å². The second kappa shape index (κ2) is 9.14. The third-order valence-corrected chi connectivity index (χ3v) is 4.39. The van der Waals surface area contributed by atoms with Gasteiger partial charge in [-0.1, -0.05) is 19.3 Å². The Morgan fingerprint density at radius 1 is 1.04 bits per heavy atom. The Kier molecular flexibility index (Phi) is 7.86. The number of hydrogen-bond donors (Lipinski definition) is 0. The van der Waals surface area contributed by atoms with Gasteiger partial charge in [0, 0.05) is 11.6 Å². The first-order chi connectivity index (χ1) is 10.8. The van der Waals surface area contributed by atoms with Gasteiger partial charge in [0.25, 0.3) is 0 Å². The van der Waals surface area contributed by atoms with Crippen LogP contribution in [-0.4, -0.2) is 41.8 Å². The fraction of sp³-hybridized carbons (Fsp3) is 0.889. The van der Waals surface area contributed by atoms with Gasteiger partial charge in [-0.25, -0.2) is 4.79 Å². The molecule has 1 aliphatic rings. The van der Waals surface area contributed by atoms with Gasteiger partial charge < -0.3 is 9.47 Å². The molecule has 5 heteroatoms. The van der Waals surface area contributed by atoms with Crippen LogP contribution in [0.1, 0.15) is 73.1 Å². The van der Waals surface area contributed by atoms with E-state index in [1.54, 1.807) is 18.7 Å². The van der Waals surface area contributed by atoms with Gasteiger partial charge in [0.05, 0.1) is 19.6 Å². The van der Waals surface area contributed by atoms with Crippen LogP contribution in [0.15, 0.2) is 0 Å². The number of carbonyl (C=O) groups excluding carboxylic acids is 2. The molecule has 5 nitrogen and oxygen atoms in total. The number of nitrogens with zero attached hydrogens (tertiary/aromatic N) is 1. The summed E-state index contributed by atoms with van der Waals surface area (Å²) in [6, 6.07) is -0.159. The van der Waals surface area contributed by atoms with Crippen LogP contribution in [0.4, 0.5) is 4.79 Å². The summed E-state index contributed by atoms with van der Waals surface area (Å²) in [4.78, 5) is 26.4. The van der Waals surface area contributed by atoms with Gasteiger partial charge >= 0.3 is 12.1 Å². The van der Waals surface area contributed by atoms with Crippen LogP contribution in [0.2, 0.25) is 0 Å². The van der Waals surface area contributed by atoms with Crippen LogP contribution in [0, 0.1) is 5.92 Å². The molecule has 1 fully saturated rings. The van der Waals surface area contributed by atoms with Crippen molar-refractivity contribution in [1.29, 1.82) is 0 Å². The fourth-order valence-corrected chi connectivity index (χ4v) is 3.48. The molecule has 0 saturated heterocycles. The van der Waals surface area contributed by atoms with Gasteiger partial charge in [0.15, 0.2) is 0 Å². The first-order valence-electron chi connectivity index (χ1n) is 8.93. The molecule has 1 rings (SSSR count). The van der Waals surface area contributed by atoms with Gasteiger partial charge in [-0.05, 0) is 53.4 Å². The first-order valence-corrected chi connectivity index (χ1v) is 8.93. The first kappa shape index (κ1) is 19.8. The molecule has 0 N–H and O–H groups in total. The van der Waals surface area contributed by atoms with Crippen molar-refractivity contribution in [3.05, 3.63) is 0 Å². The Morgan fingerprint density at radius 3 is 2.09 bits per heavy atom. The van der Waals surface area contributed by atoms with Crippen molar-refractivity contribution >= 4 is 12.1 Å². The third-order valence-electron chi connectivity index (χ3n) is 4.39. The second-order valence-electron chi connectivity index (χ2n) is 7.21. The van der Waals surface area contributed by atoms with E-state index < -0.39 is 5.54 Å². The predicted octanol–water partition coefficient (Wildman–Crippen LogP) is 4.15. The van der Waals surface area contributed by atoms with Crippen LogP contribution in [0.3, 0.4) is 0 Å². The van der Waals surface area contributed by atoms with Gasteiger partial charge in [-0.2, -0.15) is 0 Å². The van der Waals surface area contributed by atoms with Crippen molar-refractivity contribution in [1.82, 2.24) is 4.90 Å². The number of esters is 1. The summed E-state index contributed by atoms with van der Waals surface area (Å²) in [5, 5.41) is 0. The molecule has 1 aliphatic carbocycles. The predicted molar refractivity (Wildman–Crippen MR) is 90.2 cm³/mol. The van der Waals surface area contributed by atoms with E-state index in [9.17, 15) is 9.59 Å². The standard InChI is InChI=1S/C18H33NO4/c1-6-22-16(20)13-15(14-11-9-8-10-12-14)19(18(3,4)5)17(21)23-7-2/h14-15H,6-13H2,1-5H3. The smallest absolute Gasteiger partial charge is 0.410 e. The number of amides is 1. The van der Waals surface area contributed by atoms with Crippen LogP contribution >= 0.6 is 0 Å². The van der Waals surface area contributed by atoms with Crippen molar-refractivity contribution in [2.75, 3.05) is 13.2 Å². The van der Waals surface area contributed by atoms with Crippen molar-refractivity contribution in [2.45, 2.75) is 84.7 Å². The average molecular weight is 327 g/mol. The summed E-state index contributed by atoms with van der Waals surface area (Å²) >= 11 is 0. The van der Waals surface area contributed by atoms with Crippen molar-refractivity contribution in [3.8, 4) is 0 Å². The molecule has 1 atom stereocenters. The van der Waals surface area contributed by atoms with E-state index in [0.717, 1.165) is 25.7 Å². The molecule has 0 spiro atoms. The van der Waals surface area contributed by atoms with E-state index in [1.165, 1.54) is 6.42 Å². The quantitative estimate of drug-likeness (QED) is 0.688. The maximum atomic E-state index is 12.6. The molecule has 1 saturated carbocycles. The molecule has 1 unspecified atom stereocenters. The summed E-state index contributed by atoms with van der Waals surface area (Å²) in [6.07, 6.45) is 5.56. The van der Waals surface area contributed by atoms with Gasteiger partial charge in [0.2, 0.25) is 0 Å². The number of carbonyl (C=O) groups is 2. The van der Waals surface area contributed by atoms with Gasteiger partial charge in [-0.15, -0.1) is 0 Å². The lowest BCUT2D eigenvalue weighted by atomic mass is 9.80. The highest BCUT2D eigenvalue weighted by molar-refractivity contribution is 5.73. The normalized spacial score (nSPS) is 17.4. The van der Waals surface area contributed by atoms with Gasteiger partial charge in [-0.3, -0.25) is 9.69 Å². The maximum absolute atomic E-state index is 12.6. The highest BCUT2D eigenvalue weighted by atomic mass is 16.6. The summed E-state index contributed by atoms with van der Waals surface area (Å²) in [6.45, 7) is 10.3. The lowest BCUT2D eigenvalue weighted by Gasteiger charge is -2.44. The zero-order chi connectivity index (χ0) is 17.5. The number of hydrogen-bond acceptors (Lipinski definition) is 4. The van der Waals surface area contributed by atoms with E-state index in [1.807, 2.05) is 20.8 Å². The molecular formula is C18H33NO4. The Labute approximate surface area is 140 Å². The highest BCUT2D eigenvalue weighted by Gasteiger charge is 2.40. The largest absolute Gasteiger partial charge is 0.466 e. The van der Waals surface area contributed by atoms with Crippen molar-refractivity contribution in [3.63, 3.8) is 0 Å². The topological polar surface area (TPSA) is 55.8 Å². The maximum Gasteiger partial charge on any atom is 0.410 e. The van der Waals surface area contributed by atoms with Crippen molar-refractivity contribution in [2.24, 2.45) is 5.92 Å². The number of ether oxygens (including phenoxy) is 2. The molecule has 134 valence electrons. The molecule has 1 amide bonds. The van der Waals surface area contributed by atoms with Crippen LogP contribution < -0.4 is 0 Å². The second-order valence-corrected chi connectivity index (χ2v) is 7.21. The molecule has 0 heterocycles. The summed E-state index contributed by atoms with van der Waals surface area (Å²) < 4.78 is 10.4. The Balaban J connectivity index is 3.04. The van der Waals surface area contributed by atoms with Crippen molar-refractivity contribution < 1.29 is 19.1 Å². The molecule has 0 aromatic heterocycles. The minimum Gasteiger partial charge on any atom is -0.466 e. The molecule has 0 aromatic rings. The minimum atomic E-state index is -0.402. The molecule has 0 radical (unpaired) electrons.